The fourth-order valence-electron chi connectivity index (χ4n) is 2.46. The molecule has 0 aliphatic carbocycles. The topological polar surface area (TPSA) is 67.4 Å². The van der Waals surface area contributed by atoms with Gasteiger partial charge in [0.2, 0.25) is 0 Å². The van der Waals surface area contributed by atoms with Gasteiger partial charge in [-0.3, -0.25) is 9.48 Å². The number of carbonyl (C=O) groups is 1. The molecule has 0 aromatic carbocycles. The SMILES string of the molecule is Cc1c(C(=O)N2CCCN(CCN)CC2)cnn1C. The van der Waals surface area contributed by atoms with Crippen molar-refractivity contribution in [3.05, 3.63) is 17.5 Å². The normalized spacial score (nSPS) is 17.5. The lowest BCUT2D eigenvalue weighted by molar-refractivity contribution is 0.0761. The van der Waals surface area contributed by atoms with Crippen molar-refractivity contribution >= 4 is 5.91 Å². The first-order valence-corrected chi connectivity index (χ1v) is 6.83. The van der Waals surface area contributed by atoms with Gasteiger partial charge in [0, 0.05) is 45.5 Å². The maximum Gasteiger partial charge on any atom is 0.257 e. The number of amides is 1. The second kappa shape index (κ2) is 6.16. The first-order chi connectivity index (χ1) is 9.13. The molecule has 0 spiro atoms. The van der Waals surface area contributed by atoms with Crippen molar-refractivity contribution in [1.82, 2.24) is 19.6 Å². The molecule has 1 aliphatic heterocycles. The number of nitrogens with two attached hydrogens (primary N) is 1. The predicted molar refractivity (Wildman–Crippen MR) is 74.0 cm³/mol. The van der Waals surface area contributed by atoms with Crippen molar-refractivity contribution in [1.29, 1.82) is 0 Å². The summed E-state index contributed by atoms with van der Waals surface area (Å²) in [6.07, 6.45) is 2.67. The van der Waals surface area contributed by atoms with Crippen LogP contribution in [0.5, 0.6) is 0 Å². The summed E-state index contributed by atoms with van der Waals surface area (Å²) < 4.78 is 1.74. The first-order valence-electron chi connectivity index (χ1n) is 6.83. The number of aryl methyl sites for hydroxylation is 1. The summed E-state index contributed by atoms with van der Waals surface area (Å²) in [5, 5.41) is 4.14. The lowest BCUT2D eigenvalue weighted by atomic mass is 10.2. The quantitative estimate of drug-likeness (QED) is 0.824. The Balaban J connectivity index is 2.02. The molecule has 1 aromatic heterocycles. The van der Waals surface area contributed by atoms with Gasteiger partial charge < -0.3 is 15.5 Å². The van der Waals surface area contributed by atoms with E-state index in [9.17, 15) is 4.79 Å². The zero-order valence-electron chi connectivity index (χ0n) is 11.8. The van der Waals surface area contributed by atoms with Crippen molar-refractivity contribution in [2.24, 2.45) is 12.8 Å². The minimum absolute atomic E-state index is 0.0974. The standard InChI is InChI=1S/C13H23N5O/c1-11-12(10-15-16(11)2)13(19)18-6-3-5-17(7-4-14)8-9-18/h10H,3-9,14H2,1-2H3. The smallest absolute Gasteiger partial charge is 0.257 e. The number of hydrogen-bond donors (Lipinski definition) is 1. The monoisotopic (exact) mass is 265 g/mol. The van der Waals surface area contributed by atoms with Crippen LogP contribution in [-0.4, -0.2) is 64.8 Å². The fourth-order valence-corrected chi connectivity index (χ4v) is 2.46. The molecule has 6 heteroatoms. The highest BCUT2D eigenvalue weighted by Gasteiger charge is 2.22. The highest BCUT2D eigenvalue weighted by Crippen LogP contribution is 2.12. The third-order valence-corrected chi connectivity index (χ3v) is 3.79. The molecule has 1 aliphatic rings. The molecule has 0 atom stereocenters. The van der Waals surface area contributed by atoms with Crippen molar-refractivity contribution < 1.29 is 4.79 Å². The maximum absolute atomic E-state index is 12.5. The van der Waals surface area contributed by atoms with Gasteiger partial charge in [-0.25, -0.2) is 0 Å². The fraction of sp³-hybridized carbons (Fsp3) is 0.692. The minimum Gasteiger partial charge on any atom is -0.337 e. The molecule has 1 aromatic rings. The van der Waals surface area contributed by atoms with Crippen LogP contribution in [0.1, 0.15) is 22.5 Å². The zero-order chi connectivity index (χ0) is 13.8. The van der Waals surface area contributed by atoms with Crippen LogP contribution in [-0.2, 0) is 7.05 Å². The average molecular weight is 265 g/mol. The Kier molecular flexibility index (Phi) is 4.55. The third-order valence-electron chi connectivity index (χ3n) is 3.79. The maximum atomic E-state index is 12.5. The third kappa shape index (κ3) is 3.13. The molecular formula is C13H23N5O. The number of aromatic nitrogens is 2. The lowest BCUT2D eigenvalue weighted by Crippen LogP contribution is -2.36. The molecule has 106 valence electrons. The van der Waals surface area contributed by atoms with Gasteiger partial charge in [0.25, 0.3) is 5.91 Å². The van der Waals surface area contributed by atoms with Crippen LogP contribution in [0, 0.1) is 6.92 Å². The van der Waals surface area contributed by atoms with Crippen LogP contribution in [0.15, 0.2) is 6.20 Å². The van der Waals surface area contributed by atoms with E-state index < -0.39 is 0 Å². The molecule has 0 saturated carbocycles. The van der Waals surface area contributed by atoms with Gasteiger partial charge >= 0.3 is 0 Å². The second-order valence-electron chi connectivity index (χ2n) is 5.04. The number of carbonyl (C=O) groups excluding carboxylic acids is 1. The minimum atomic E-state index is 0.0974. The molecule has 1 fully saturated rings. The van der Waals surface area contributed by atoms with Crippen LogP contribution in [0.3, 0.4) is 0 Å². The van der Waals surface area contributed by atoms with Crippen molar-refractivity contribution in [2.75, 3.05) is 39.3 Å². The molecule has 2 N–H and O–H groups in total. The van der Waals surface area contributed by atoms with Gasteiger partial charge in [0.15, 0.2) is 0 Å². The van der Waals surface area contributed by atoms with Gasteiger partial charge in [-0.05, 0) is 19.9 Å². The van der Waals surface area contributed by atoms with Gasteiger partial charge in [-0.1, -0.05) is 0 Å². The molecule has 6 nitrogen and oxygen atoms in total. The molecule has 2 rings (SSSR count). The Labute approximate surface area is 114 Å². The van der Waals surface area contributed by atoms with E-state index in [0.717, 1.165) is 50.4 Å². The Morgan fingerprint density at radius 2 is 2.16 bits per heavy atom. The van der Waals surface area contributed by atoms with E-state index in [4.69, 9.17) is 5.73 Å². The van der Waals surface area contributed by atoms with Crippen molar-refractivity contribution in [3.63, 3.8) is 0 Å². The predicted octanol–water partition coefficient (Wildman–Crippen LogP) is -0.165. The molecular weight excluding hydrogens is 242 g/mol. The van der Waals surface area contributed by atoms with E-state index in [2.05, 4.69) is 10.00 Å². The first kappa shape index (κ1) is 14.0. The lowest BCUT2D eigenvalue weighted by Gasteiger charge is -2.21. The number of nitrogens with zero attached hydrogens (tertiary/aromatic N) is 4. The van der Waals surface area contributed by atoms with E-state index in [1.807, 2.05) is 18.9 Å². The Morgan fingerprint density at radius 1 is 1.37 bits per heavy atom. The van der Waals surface area contributed by atoms with Gasteiger partial charge in [-0.2, -0.15) is 5.10 Å². The average Bonchev–Trinajstić information content (AvgIpc) is 2.62. The van der Waals surface area contributed by atoms with Crippen LogP contribution >= 0.6 is 0 Å². The van der Waals surface area contributed by atoms with Crippen LogP contribution in [0.4, 0.5) is 0 Å². The Hall–Kier alpha value is -1.40. The van der Waals surface area contributed by atoms with E-state index in [1.165, 1.54) is 0 Å². The Bertz CT molecular complexity index is 442. The van der Waals surface area contributed by atoms with Gasteiger partial charge in [0.05, 0.1) is 11.8 Å². The largest absolute Gasteiger partial charge is 0.337 e. The molecule has 2 heterocycles. The summed E-state index contributed by atoms with van der Waals surface area (Å²) in [7, 11) is 1.86. The summed E-state index contributed by atoms with van der Waals surface area (Å²) in [6, 6.07) is 0. The van der Waals surface area contributed by atoms with E-state index >= 15 is 0 Å². The molecule has 19 heavy (non-hydrogen) atoms. The van der Waals surface area contributed by atoms with Gasteiger partial charge in [0.1, 0.15) is 0 Å². The number of hydrogen-bond acceptors (Lipinski definition) is 4. The van der Waals surface area contributed by atoms with Crippen LogP contribution in [0.2, 0.25) is 0 Å². The molecule has 1 amide bonds. The summed E-state index contributed by atoms with van der Waals surface area (Å²) in [4.78, 5) is 16.7. The second-order valence-corrected chi connectivity index (χ2v) is 5.04. The summed E-state index contributed by atoms with van der Waals surface area (Å²) >= 11 is 0. The number of rotatable bonds is 3. The van der Waals surface area contributed by atoms with Crippen molar-refractivity contribution in [3.8, 4) is 0 Å². The Morgan fingerprint density at radius 3 is 2.79 bits per heavy atom. The summed E-state index contributed by atoms with van der Waals surface area (Å²) in [5.74, 6) is 0.0974. The molecule has 0 unspecified atom stereocenters. The molecule has 1 saturated heterocycles. The van der Waals surface area contributed by atoms with Crippen LogP contribution < -0.4 is 5.73 Å². The van der Waals surface area contributed by atoms with E-state index in [1.54, 1.807) is 10.9 Å². The van der Waals surface area contributed by atoms with Crippen molar-refractivity contribution in [2.45, 2.75) is 13.3 Å². The van der Waals surface area contributed by atoms with Crippen LogP contribution in [0.25, 0.3) is 0 Å². The van der Waals surface area contributed by atoms with E-state index in [0.29, 0.717) is 6.54 Å². The summed E-state index contributed by atoms with van der Waals surface area (Å²) in [5.41, 5.74) is 7.23. The molecule has 0 bridgehead atoms. The highest BCUT2D eigenvalue weighted by molar-refractivity contribution is 5.95. The highest BCUT2D eigenvalue weighted by atomic mass is 16.2. The summed E-state index contributed by atoms with van der Waals surface area (Å²) in [6.45, 7) is 7.03. The molecule has 0 radical (unpaired) electrons. The van der Waals surface area contributed by atoms with Gasteiger partial charge in [-0.15, -0.1) is 0 Å². The zero-order valence-corrected chi connectivity index (χ0v) is 11.8. The van der Waals surface area contributed by atoms with E-state index in [-0.39, 0.29) is 5.91 Å².